The Morgan fingerprint density at radius 1 is 0.950 bits per heavy atom. The zero-order valence-corrected chi connectivity index (χ0v) is 12.7. The molecule has 0 aliphatic heterocycles. The van der Waals surface area contributed by atoms with Crippen molar-refractivity contribution in [2.45, 2.75) is 58.9 Å². The normalized spacial score (nSPS) is 24.2. The third kappa shape index (κ3) is 4.19. The molecular weight excluding hydrogens is 256 g/mol. The van der Waals surface area contributed by atoms with E-state index >= 15 is 0 Å². The molecule has 0 saturated heterocycles. The van der Waals surface area contributed by atoms with E-state index in [2.05, 4.69) is 26.1 Å². The molecule has 0 aromatic heterocycles. The van der Waals surface area contributed by atoms with E-state index in [1.54, 1.807) is 0 Å². The summed E-state index contributed by atoms with van der Waals surface area (Å²) in [4.78, 5) is 0. The molecule has 20 heavy (non-hydrogen) atoms. The smallest absolute Gasteiger partial charge is 0.128 e. The summed E-state index contributed by atoms with van der Waals surface area (Å²) in [6.07, 6.45) is 5.75. The van der Waals surface area contributed by atoms with Gasteiger partial charge in [-0.3, -0.25) is 0 Å². The predicted molar refractivity (Wildman–Crippen MR) is 79.8 cm³/mol. The average Bonchev–Trinajstić information content (AvgIpc) is 2.52. The summed E-state index contributed by atoms with van der Waals surface area (Å²) in [5.41, 5.74) is 0.904. The lowest BCUT2D eigenvalue weighted by Gasteiger charge is -2.29. The molecule has 1 aliphatic rings. The van der Waals surface area contributed by atoms with Gasteiger partial charge in [0.15, 0.2) is 0 Å². The Kier molecular flexibility index (Phi) is 4.66. The van der Waals surface area contributed by atoms with Crippen LogP contribution < -0.4 is 5.32 Å². The molecule has 0 heterocycles. The summed E-state index contributed by atoms with van der Waals surface area (Å²) in [5.74, 6) is -0.305. The quantitative estimate of drug-likeness (QED) is 0.718. The van der Waals surface area contributed by atoms with Crippen LogP contribution in [0.15, 0.2) is 18.2 Å². The molecule has 1 N–H and O–H groups in total. The van der Waals surface area contributed by atoms with Gasteiger partial charge in [-0.05, 0) is 49.1 Å². The minimum Gasteiger partial charge on any atom is -0.382 e. The van der Waals surface area contributed by atoms with Gasteiger partial charge in [0.2, 0.25) is 0 Å². The Hall–Kier alpha value is -1.12. The summed E-state index contributed by atoms with van der Waals surface area (Å²) in [7, 11) is 0. The van der Waals surface area contributed by atoms with Crippen molar-refractivity contribution < 1.29 is 8.78 Å². The van der Waals surface area contributed by atoms with Crippen molar-refractivity contribution in [3.63, 3.8) is 0 Å². The van der Waals surface area contributed by atoms with E-state index in [1.807, 2.05) is 0 Å². The van der Waals surface area contributed by atoms with Gasteiger partial charge in [0.1, 0.15) is 11.6 Å². The molecule has 0 amide bonds. The van der Waals surface area contributed by atoms with E-state index in [4.69, 9.17) is 0 Å². The highest BCUT2D eigenvalue weighted by molar-refractivity contribution is 5.44. The standard InChI is InChI=1S/C17H25F2N/c1-17(2,3)12-5-4-6-15(8-7-12)20-16-10-13(18)9-14(19)11-16/h9-12,15,20H,4-8H2,1-3H3. The first-order valence-electron chi connectivity index (χ1n) is 7.57. The van der Waals surface area contributed by atoms with Gasteiger partial charge in [0, 0.05) is 17.8 Å². The molecule has 1 fully saturated rings. The topological polar surface area (TPSA) is 12.0 Å². The van der Waals surface area contributed by atoms with Gasteiger partial charge >= 0.3 is 0 Å². The van der Waals surface area contributed by atoms with Crippen LogP contribution in [-0.2, 0) is 0 Å². The number of anilines is 1. The second-order valence-electron chi connectivity index (χ2n) is 7.07. The first-order valence-corrected chi connectivity index (χ1v) is 7.57. The van der Waals surface area contributed by atoms with Crippen LogP contribution in [0.5, 0.6) is 0 Å². The molecule has 2 unspecified atom stereocenters. The summed E-state index contributed by atoms with van der Waals surface area (Å²) >= 11 is 0. The van der Waals surface area contributed by atoms with Crippen molar-refractivity contribution >= 4 is 5.69 Å². The first-order chi connectivity index (χ1) is 9.34. The number of halogens is 2. The van der Waals surface area contributed by atoms with Gasteiger partial charge in [-0.2, -0.15) is 0 Å². The Morgan fingerprint density at radius 2 is 1.60 bits per heavy atom. The number of rotatable bonds is 2. The molecule has 1 nitrogen and oxygen atoms in total. The molecule has 2 rings (SSSR count). The van der Waals surface area contributed by atoms with Crippen LogP contribution in [0.1, 0.15) is 52.9 Å². The fraction of sp³-hybridized carbons (Fsp3) is 0.647. The van der Waals surface area contributed by atoms with Crippen molar-refractivity contribution in [1.29, 1.82) is 0 Å². The molecule has 0 spiro atoms. The average molecular weight is 281 g/mol. The monoisotopic (exact) mass is 281 g/mol. The van der Waals surface area contributed by atoms with Crippen LogP contribution in [0.4, 0.5) is 14.5 Å². The maximum atomic E-state index is 13.2. The molecule has 1 aromatic rings. The fourth-order valence-electron chi connectivity index (χ4n) is 3.18. The fourth-order valence-corrected chi connectivity index (χ4v) is 3.18. The summed E-state index contributed by atoms with van der Waals surface area (Å²) in [5, 5.41) is 3.29. The maximum Gasteiger partial charge on any atom is 0.128 e. The Morgan fingerprint density at radius 3 is 2.20 bits per heavy atom. The second-order valence-corrected chi connectivity index (χ2v) is 7.07. The van der Waals surface area contributed by atoms with Crippen molar-refractivity contribution in [3.8, 4) is 0 Å². The van der Waals surface area contributed by atoms with E-state index in [0.717, 1.165) is 24.8 Å². The number of nitrogens with one attached hydrogen (secondary N) is 1. The van der Waals surface area contributed by atoms with Gasteiger partial charge in [0.25, 0.3) is 0 Å². The van der Waals surface area contributed by atoms with Gasteiger partial charge in [-0.25, -0.2) is 8.78 Å². The predicted octanol–water partition coefficient (Wildman–Crippen LogP) is 5.37. The number of benzene rings is 1. The summed E-state index contributed by atoms with van der Waals surface area (Å²) < 4.78 is 26.4. The highest BCUT2D eigenvalue weighted by atomic mass is 19.1. The SMILES string of the molecule is CC(C)(C)C1CCCC(Nc2cc(F)cc(F)c2)CC1. The van der Waals surface area contributed by atoms with E-state index in [-0.39, 0.29) is 0 Å². The maximum absolute atomic E-state index is 13.2. The summed E-state index contributed by atoms with van der Waals surface area (Å²) in [6.45, 7) is 6.90. The third-order valence-corrected chi connectivity index (χ3v) is 4.43. The van der Waals surface area contributed by atoms with Crippen LogP contribution in [0, 0.1) is 23.0 Å². The lowest BCUT2D eigenvalue weighted by Crippen LogP contribution is -2.21. The molecule has 3 heteroatoms. The summed E-state index contributed by atoms with van der Waals surface area (Å²) in [6, 6.07) is 3.97. The number of hydrogen-bond acceptors (Lipinski definition) is 1. The molecular formula is C17H25F2N. The highest BCUT2D eigenvalue weighted by Gasteiger charge is 2.27. The van der Waals surface area contributed by atoms with Crippen LogP contribution in [0.2, 0.25) is 0 Å². The van der Waals surface area contributed by atoms with Crippen LogP contribution in [0.3, 0.4) is 0 Å². The van der Waals surface area contributed by atoms with Crippen molar-refractivity contribution in [2.24, 2.45) is 11.3 Å². The highest BCUT2D eigenvalue weighted by Crippen LogP contribution is 2.37. The lowest BCUT2D eigenvalue weighted by molar-refractivity contribution is 0.214. The van der Waals surface area contributed by atoms with Crippen LogP contribution >= 0.6 is 0 Å². The van der Waals surface area contributed by atoms with Gasteiger partial charge in [-0.15, -0.1) is 0 Å². The van der Waals surface area contributed by atoms with E-state index in [9.17, 15) is 8.78 Å². The third-order valence-electron chi connectivity index (χ3n) is 4.43. The second kappa shape index (κ2) is 6.11. The van der Waals surface area contributed by atoms with Gasteiger partial charge in [0.05, 0.1) is 0 Å². The largest absolute Gasteiger partial charge is 0.382 e. The first kappa shape index (κ1) is 15.3. The van der Waals surface area contributed by atoms with Crippen LogP contribution in [0.25, 0.3) is 0 Å². The lowest BCUT2D eigenvalue weighted by atomic mass is 9.76. The molecule has 0 radical (unpaired) electrons. The Balaban J connectivity index is 1.97. The van der Waals surface area contributed by atoms with Crippen molar-refractivity contribution in [2.75, 3.05) is 5.32 Å². The molecule has 112 valence electrons. The number of hydrogen-bond donors (Lipinski definition) is 1. The van der Waals surface area contributed by atoms with Gasteiger partial charge < -0.3 is 5.32 Å². The Labute approximate surface area is 120 Å². The molecule has 1 aliphatic carbocycles. The van der Waals surface area contributed by atoms with E-state index in [0.29, 0.717) is 17.1 Å². The van der Waals surface area contributed by atoms with Crippen LogP contribution in [-0.4, -0.2) is 6.04 Å². The van der Waals surface area contributed by atoms with E-state index < -0.39 is 11.6 Å². The minimum atomic E-state index is -0.520. The zero-order chi connectivity index (χ0) is 14.8. The van der Waals surface area contributed by atoms with Crippen molar-refractivity contribution in [3.05, 3.63) is 29.8 Å². The Bertz CT molecular complexity index is 431. The zero-order valence-electron chi connectivity index (χ0n) is 12.7. The van der Waals surface area contributed by atoms with E-state index in [1.165, 1.54) is 31.4 Å². The molecule has 2 atom stereocenters. The molecule has 1 aromatic carbocycles. The van der Waals surface area contributed by atoms with Crippen molar-refractivity contribution in [1.82, 2.24) is 0 Å². The molecule has 1 saturated carbocycles. The van der Waals surface area contributed by atoms with Gasteiger partial charge in [-0.1, -0.05) is 27.2 Å². The molecule has 0 bridgehead atoms. The minimum absolute atomic E-state index is 0.323.